The van der Waals surface area contributed by atoms with Gasteiger partial charge in [-0.15, -0.1) is 12.4 Å². The third kappa shape index (κ3) is 11.0. The summed E-state index contributed by atoms with van der Waals surface area (Å²) in [7, 11) is -3.32. The van der Waals surface area contributed by atoms with Crippen LogP contribution >= 0.6 is 12.4 Å². The van der Waals surface area contributed by atoms with Crippen LogP contribution < -0.4 is 20.1 Å². The molecule has 0 spiro atoms. The van der Waals surface area contributed by atoms with Crippen LogP contribution in [0.25, 0.3) is 0 Å². The number of hydrogen-bond donors (Lipinski definition) is 3. The maximum absolute atomic E-state index is 13.1. The zero-order valence-electron chi connectivity index (χ0n) is 24.8. The van der Waals surface area contributed by atoms with Gasteiger partial charge in [0.05, 0.1) is 12.3 Å². The number of rotatable bonds is 13. The van der Waals surface area contributed by atoms with Crippen LogP contribution in [-0.2, 0) is 21.4 Å². The SMILES string of the molecule is CCCC(NC1CCN(Cc2ccc(Oc3ccc(NS(C)(=O)=O)cc3)cc2)CC1)C(=O)Nc1cccc(C(C)=O)c1.Cl. The number of carbonyl (C=O) groups is 2. The van der Waals surface area contributed by atoms with Gasteiger partial charge in [0.2, 0.25) is 15.9 Å². The largest absolute Gasteiger partial charge is 0.457 e. The molecule has 0 bridgehead atoms. The van der Waals surface area contributed by atoms with E-state index in [2.05, 4.69) is 39.3 Å². The molecule has 1 aliphatic rings. The second kappa shape index (κ2) is 15.9. The maximum atomic E-state index is 13.1. The quantitative estimate of drug-likeness (QED) is 0.204. The van der Waals surface area contributed by atoms with E-state index in [0.29, 0.717) is 28.4 Å². The van der Waals surface area contributed by atoms with Crippen molar-refractivity contribution < 1.29 is 22.7 Å². The molecule has 9 nitrogen and oxygen atoms in total. The van der Waals surface area contributed by atoms with Gasteiger partial charge in [0.15, 0.2) is 5.78 Å². The summed E-state index contributed by atoms with van der Waals surface area (Å²) < 4.78 is 31.1. The lowest BCUT2D eigenvalue weighted by molar-refractivity contribution is -0.118. The first-order chi connectivity index (χ1) is 20.1. The van der Waals surface area contributed by atoms with E-state index in [9.17, 15) is 18.0 Å². The number of carbonyl (C=O) groups excluding carboxylic acids is 2. The Hall–Kier alpha value is -3.44. The van der Waals surface area contributed by atoms with E-state index >= 15 is 0 Å². The molecule has 1 fully saturated rings. The zero-order chi connectivity index (χ0) is 30.1. The minimum Gasteiger partial charge on any atom is -0.457 e. The Bertz CT molecular complexity index is 1460. The molecule has 1 amide bonds. The molecule has 0 radical (unpaired) electrons. The van der Waals surface area contributed by atoms with Crippen LogP contribution in [-0.4, -0.2) is 56.4 Å². The van der Waals surface area contributed by atoms with Gasteiger partial charge in [-0.05, 0) is 93.4 Å². The van der Waals surface area contributed by atoms with Gasteiger partial charge in [0, 0.05) is 29.5 Å². The van der Waals surface area contributed by atoms with E-state index in [1.165, 1.54) is 12.5 Å². The fourth-order valence-electron chi connectivity index (χ4n) is 5.03. The molecule has 43 heavy (non-hydrogen) atoms. The predicted octanol–water partition coefficient (Wildman–Crippen LogP) is 5.84. The van der Waals surface area contributed by atoms with E-state index in [0.717, 1.165) is 51.6 Å². The van der Waals surface area contributed by atoms with Crippen molar-refractivity contribution in [1.82, 2.24) is 10.2 Å². The molecule has 3 aromatic rings. The lowest BCUT2D eigenvalue weighted by Crippen LogP contribution is -2.50. The Morgan fingerprint density at radius 2 is 1.58 bits per heavy atom. The number of sulfonamides is 1. The first kappa shape index (κ1) is 34.1. The number of piperidine rings is 1. The smallest absolute Gasteiger partial charge is 0.241 e. The third-order valence-corrected chi connectivity index (χ3v) is 7.78. The second-order valence-electron chi connectivity index (χ2n) is 10.8. The number of anilines is 2. The monoisotopic (exact) mass is 628 g/mol. The van der Waals surface area contributed by atoms with Crippen molar-refractivity contribution in [1.29, 1.82) is 0 Å². The van der Waals surface area contributed by atoms with Crippen molar-refractivity contribution >= 4 is 45.5 Å². The Morgan fingerprint density at radius 3 is 2.16 bits per heavy atom. The average Bonchev–Trinajstić information content (AvgIpc) is 2.95. The highest BCUT2D eigenvalue weighted by molar-refractivity contribution is 7.92. The molecular weight excluding hydrogens is 588 g/mol. The zero-order valence-corrected chi connectivity index (χ0v) is 26.5. The summed E-state index contributed by atoms with van der Waals surface area (Å²) in [5, 5.41) is 6.57. The van der Waals surface area contributed by atoms with Crippen molar-refractivity contribution in [2.75, 3.05) is 29.4 Å². The first-order valence-corrected chi connectivity index (χ1v) is 16.2. The summed E-state index contributed by atoms with van der Waals surface area (Å²) >= 11 is 0. The highest BCUT2D eigenvalue weighted by Gasteiger charge is 2.25. The van der Waals surface area contributed by atoms with Gasteiger partial charge >= 0.3 is 0 Å². The van der Waals surface area contributed by atoms with Crippen LogP contribution in [0.15, 0.2) is 72.8 Å². The minimum absolute atomic E-state index is 0. The molecule has 0 aromatic heterocycles. The van der Waals surface area contributed by atoms with Crippen molar-refractivity contribution in [3.8, 4) is 11.5 Å². The van der Waals surface area contributed by atoms with Gasteiger partial charge in [-0.1, -0.05) is 37.6 Å². The highest BCUT2D eigenvalue weighted by atomic mass is 35.5. The molecule has 11 heteroatoms. The second-order valence-corrected chi connectivity index (χ2v) is 12.6. The molecule has 0 saturated carbocycles. The number of nitrogens with zero attached hydrogens (tertiary/aromatic N) is 1. The van der Waals surface area contributed by atoms with Gasteiger partial charge in [0.25, 0.3) is 0 Å². The first-order valence-electron chi connectivity index (χ1n) is 14.3. The molecule has 1 heterocycles. The van der Waals surface area contributed by atoms with E-state index in [1.54, 1.807) is 42.5 Å². The van der Waals surface area contributed by atoms with Crippen molar-refractivity contribution in [3.63, 3.8) is 0 Å². The summed E-state index contributed by atoms with van der Waals surface area (Å²) in [6.07, 6.45) is 4.66. The van der Waals surface area contributed by atoms with Gasteiger partial charge < -0.3 is 15.4 Å². The lowest BCUT2D eigenvalue weighted by Gasteiger charge is -2.34. The molecular formula is C32H41ClN4O5S. The molecule has 4 rings (SSSR count). The summed E-state index contributed by atoms with van der Waals surface area (Å²) in [4.78, 5) is 27.2. The van der Waals surface area contributed by atoms with Crippen LogP contribution in [0.2, 0.25) is 0 Å². The average molecular weight is 629 g/mol. The van der Waals surface area contributed by atoms with E-state index < -0.39 is 10.0 Å². The maximum Gasteiger partial charge on any atom is 0.241 e. The van der Waals surface area contributed by atoms with E-state index in [4.69, 9.17) is 4.74 Å². The molecule has 1 aliphatic heterocycles. The van der Waals surface area contributed by atoms with Crippen molar-refractivity contribution in [2.45, 2.75) is 58.2 Å². The topological polar surface area (TPSA) is 117 Å². The Morgan fingerprint density at radius 1 is 0.953 bits per heavy atom. The number of benzene rings is 3. The van der Waals surface area contributed by atoms with Gasteiger partial charge in [-0.2, -0.15) is 0 Å². The lowest BCUT2D eigenvalue weighted by atomic mass is 10.0. The Labute approximate surface area is 260 Å². The number of halogens is 1. The van der Waals surface area contributed by atoms with Crippen LogP contribution in [0, 0.1) is 0 Å². The fourth-order valence-corrected chi connectivity index (χ4v) is 5.59. The van der Waals surface area contributed by atoms with Gasteiger partial charge in [0.1, 0.15) is 11.5 Å². The van der Waals surface area contributed by atoms with Crippen LogP contribution in [0.5, 0.6) is 11.5 Å². The standard InChI is InChI=1S/C32H40N4O5S.ClH/c1-4-6-31(32(38)34-28-8-5-7-25(21-28)23(2)37)33-26-17-19-36(20-18-26)22-24-9-13-29(14-10-24)41-30-15-11-27(12-16-30)35-42(3,39)40;/h5,7-16,21,26,31,33,35H,4,6,17-20,22H2,1-3H3,(H,34,38);1H. The van der Waals surface area contributed by atoms with Crippen molar-refractivity contribution in [3.05, 3.63) is 83.9 Å². The van der Waals surface area contributed by atoms with Crippen LogP contribution in [0.4, 0.5) is 11.4 Å². The molecule has 1 atom stereocenters. The van der Waals surface area contributed by atoms with Crippen LogP contribution in [0.1, 0.15) is 55.5 Å². The molecule has 1 saturated heterocycles. The van der Waals surface area contributed by atoms with Gasteiger partial charge in [-0.3, -0.25) is 19.2 Å². The third-order valence-electron chi connectivity index (χ3n) is 7.18. The summed E-state index contributed by atoms with van der Waals surface area (Å²) in [6.45, 7) is 6.30. The fraction of sp³-hybridized carbons (Fsp3) is 0.375. The molecule has 232 valence electrons. The van der Waals surface area contributed by atoms with Crippen molar-refractivity contribution in [2.24, 2.45) is 0 Å². The summed E-state index contributed by atoms with van der Waals surface area (Å²) in [5.74, 6) is 1.23. The van der Waals surface area contributed by atoms with E-state index in [1.807, 2.05) is 18.2 Å². The Balaban J connectivity index is 0.00000506. The van der Waals surface area contributed by atoms with E-state index in [-0.39, 0.29) is 36.2 Å². The number of nitrogens with one attached hydrogen (secondary N) is 3. The molecule has 3 aromatic carbocycles. The minimum atomic E-state index is -3.32. The molecule has 3 N–H and O–H groups in total. The normalized spacial score (nSPS) is 14.8. The van der Waals surface area contributed by atoms with Crippen LogP contribution in [0.3, 0.4) is 0 Å². The Kier molecular flexibility index (Phi) is 12.6. The summed E-state index contributed by atoms with van der Waals surface area (Å²) in [6, 6.07) is 21.8. The molecule has 0 aliphatic carbocycles. The number of hydrogen-bond acceptors (Lipinski definition) is 7. The number of amides is 1. The number of likely N-dealkylation sites (tertiary alicyclic amines) is 1. The number of Topliss-reactive ketones (excluding diaryl/α,β-unsaturated/α-hetero) is 1. The predicted molar refractivity (Wildman–Crippen MR) is 174 cm³/mol. The van der Waals surface area contributed by atoms with Gasteiger partial charge in [-0.25, -0.2) is 8.42 Å². The number of ketones is 1. The summed E-state index contributed by atoms with van der Waals surface area (Å²) in [5.41, 5.74) is 2.90. The highest BCUT2D eigenvalue weighted by Crippen LogP contribution is 2.24. The molecule has 1 unspecified atom stereocenters. The number of ether oxygens (including phenoxy) is 1.